The number of piperazine rings is 1. The number of nitrogens with one attached hydrogen (secondary N) is 1. The van der Waals surface area contributed by atoms with Crippen molar-refractivity contribution in [3.8, 4) is 0 Å². The number of hydrogen-bond acceptors (Lipinski definition) is 5. The molecule has 29 heavy (non-hydrogen) atoms. The summed E-state index contributed by atoms with van der Waals surface area (Å²) in [6, 6.07) is 3.83. The molecule has 2 heterocycles. The Morgan fingerprint density at radius 2 is 1.83 bits per heavy atom. The van der Waals surface area contributed by atoms with Gasteiger partial charge in [0.15, 0.2) is 0 Å². The number of halogens is 1. The van der Waals surface area contributed by atoms with Crippen molar-refractivity contribution < 1.29 is 22.7 Å². The zero-order valence-corrected chi connectivity index (χ0v) is 18.1. The summed E-state index contributed by atoms with van der Waals surface area (Å²) in [5, 5.41) is 0.191. The zero-order chi connectivity index (χ0) is 21.2. The first-order chi connectivity index (χ1) is 13.7. The highest BCUT2D eigenvalue weighted by Gasteiger charge is 2.32. The molecule has 1 aromatic carbocycles. The lowest BCUT2D eigenvalue weighted by atomic mass is 10.1. The highest BCUT2D eigenvalue weighted by Crippen LogP contribution is 2.23. The van der Waals surface area contributed by atoms with Crippen molar-refractivity contribution in [2.75, 3.05) is 32.8 Å². The molecule has 0 aromatic heterocycles. The number of amides is 2. The SMILES string of the molecule is CC(C)NS(=O)(=O)c1ccc(Cl)c(C(=O)N2CCN(C(=O)C3CCCO3)CC2)c1. The number of hydrogen-bond donors (Lipinski definition) is 1. The predicted molar refractivity (Wildman–Crippen MR) is 108 cm³/mol. The minimum atomic E-state index is -3.74. The first-order valence-electron chi connectivity index (χ1n) is 9.70. The van der Waals surface area contributed by atoms with Gasteiger partial charge >= 0.3 is 0 Å². The number of carbonyl (C=O) groups is 2. The minimum Gasteiger partial charge on any atom is -0.368 e. The van der Waals surface area contributed by atoms with E-state index in [9.17, 15) is 18.0 Å². The molecular weight excluding hydrogens is 418 g/mol. The molecule has 0 bridgehead atoms. The first-order valence-corrected chi connectivity index (χ1v) is 11.6. The van der Waals surface area contributed by atoms with Crippen LogP contribution in [0.15, 0.2) is 23.1 Å². The van der Waals surface area contributed by atoms with Crippen LogP contribution in [0.1, 0.15) is 37.0 Å². The van der Waals surface area contributed by atoms with Crippen molar-refractivity contribution in [2.24, 2.45) is 0 Å². The standard InChI is InChI=1S/C19H26ClN3O5S/c1-13(2)21-29(26,27)14-5-6-16(20)15(12-14)18(24)22-7-9-23(10-8-22)19(25)17-4-3-11-28-17/h5-6,12-13,17,21H,3-4,7-11H2,1-2H3. The Labute approximate surface area is 176 Å². The molecule has 2 aliphatic heterocycles. The van der Waals surface area contributed by atoms with Crippen LogP contribution in [0.2, 0.25) is 5.02 Å². The van der Waals surface area contributed by atoms with Crippen molar-refractivity contribution in [3.05, 3.63) is 28.8 Å². The maximum atomic E-state index is 13.0. The molecule has 0 spiro atoms. The second-order valence-corrected chi connectivity index (χ2v) is 9.66. The first kappa shape index (κ1) is 22.0. The zero-order valence-electron chi connectivity index (χ0n) is 16.6. The third kappa shape index (κ3) is 5.09. The fourth-order valence-electron chi connectivity index (χ4n) is 3.49. The van der Waals surface area contributed by atoms with Crippen LogP contribution >= 0.6 is 11.6 Å². The van der Waals surface area contributed by atoms with E-state index in [2.05, 4.69) is 4.72 Å². The number of carbonyl (C=O) groups excluding carboxylic acids is 2. The Morgan fingerprint density at radius 3 is 2.41 bits per heavy atom. The van der Waals surface area contributed by atoms with E-state index in [1.54, 1.807) is 23.6 Å². The molecule has 160 valence electrons. The molecule has 2 aliphatic rings. The number of ether oxygens (including phenoxy) is 1. The van der Waals surface area contributed by atoms with Crippen LogP contribution in [0, 0.1) is 0 Å². The van der Waals surface area contributed by atoms with Gasteiger partial charge in [-0.25, -0.2) is 13.1 Å². The number of nitrogens with zero attached hydrogens (tertiary/aromatic N) is 2. The molecule has 3 rings (SSSR count). The Kier molecular flexibility index (Phi) is 6.83. The van der Waals surface area contributed by atoms with Gasteiger partial charge in [0.2, 0.25) is 10.0 Å². The van der Waals surface area contributed by atoms with Crippen molar-refractivity contribution in [2.45, 2.75) is 43.7 Å². The van der Waals surface area contributed by atoms with Gasteiger partial charge in [0.25, 0.3) is 11.8 Å². The average Bonchev–Trinajstić information content (AvgIpc) is 3.21. The molecule has 2 saturated heterocycles. The van der Waals surface area contributed by atoms with Gasteiger partial charge in [0.1, 0.15) is 6.10 Å². The fraction of sp³-hybridized carbons (Fsp3) is 0.579. The quantitative estimate of drug-likeness (QED) is 0.743. The maximum absolute atomic E-state index is 13.0. The van der Waals surface area contributed by atoms with Crippen LogP contribution in [-0.4, -0.2) is 75.0 Å². The van der Waals surface area contributed by atoms with Gasteiger partial charge in [-0.15, -0.1) is 0 Å². The smallest absolute Gasteiger partial charge is 0.255 e. The summed E-state index contributed by atoms with van der Waals surface area (Å²) in [6.45, 7) is 5.58. The van der Waals surface area contributed by atoms with Gasteiger partial charge in [-0.2, -0.15) is 0 Å². The molecule has 0 radical (unpaired) electrons. The average molecular weight is 444 g/mol. The third-order valence-electron chi connectivity index (χ3n) is 4.95. The molecule has 2 fully saturated rings. The van der Waals surface area contributed by atoms with E-state index in [0.29, 0.717) is 32.8 Å². The molecule has 0 saturated carbocycles. The Balaban J connectivity index is 1.69. The molecule has 1 aromatic rings. The molecule has 10 heteroatoms. The molecule has 1 N–H and O–H groups in total. The lowest BCUT2D eigenvalue weighted by Gasteiger charge is -2.36. The van der Waals surface area contributed by atoms with Crippen molar-refractivity contribution in [1.29, 1.82) is 0 Å². The van der Waals surface area contributed by atoms with E-state index in [0.717, 1.165) is 12.8 Å². The van der Waals surface area contributed by atoms with Crippen molar-refractivity contribution in [3.63, 3.8) is 0 Å². The van der Waals surface area contributed by atoms with Gasteiger partial charge < -0.3 is 14.5 Å². The van der Waals surface area contributed by atoms with Crippen LogP contribution in [0.4, 0.5) is 0 Å². The highest BCUT2D eigenvalue weighted by atomic mass is 35.5. The minimum absolute atomic E-state index is 0.00820. The number of sulfonamides is 1. The van der Waals surface area contributed by atoms with Crippen LogP contribution in [0.25, 0.3) is 0 Å². The van der Waals surface area contributed by atoms with E-state index in [1.165, 1.54) is 18.2 Å². The summed E-state index contributed by atoms with van der Waals surface area (Å²) < 4.78 is 32.8. The van der Waals surface area contributed by atoms with Crippen molar-refractivity contribution in [1.82, 2.24) is 14.5 Å². The molecule has 1 unspecified atom stereocenters. The lowest BCUT2D eigenvalue weighted by molar-refractivity contribution is -0.142. The van der Waals surface area contributed by atoms with Crippen LogP contribution in [-0.2, 0) is 19.6 Å². The number of rotatable bonds is 5. The fourth-order valence-corrected chi connectivity index (χ4v) is 4.97. The van der Waals surface area contributed by atoms with Crippen LogP contribution in [0.5, 0.6) is 0 Å². The molecule has 2 amide bonds. The van der Waals surface area contributed by atoms with Gasteiger partial charge in [-0.3, -0.25) is 9.59 Å². The normalized spacial score (nSPS) is 20.3. The van der Waals surface area contributed by atoms with E-state index >= 15 is 0 Å². The molecule has 1 atom stereocenters. The Bertz CT molecular complexity index is 876. The van der Waals surface area contributed by atoms with E-state index in [1.807, 2.05) is 0 Å². The van der Waals surface area contributed by atoms with Gasteiger partial charge in [0, 0.05) is 38.8 Å². The van der Waals surface area contributed by atoms with E-state index < -0.39 is 10.0 Å². The second-order valence-electron chi connectivity index (χ2n) is 7.54. The van der Waals surface area contributed by atoms with Crippen LogP contribution < -0.4 is 4.72 Å². The lowest BCUT2D eigenvalue weighted by Crippen LogP contribution is -2.52. The summed E-state index contributed by atoms with van der Waals surface area (Å²) in [7, 11) is -3.74. The summed E-state index contributed by atoms with van der Waals surface area (Å²) in [5.74, 6) is -0.374. The monoisotopic (exact) mass is 443 g/mol. The molecule has 0 aliphatic carbocycles. The molecular formula is C19H26ClN3O5S. The van der Waals surface area contributed by atoms with E-state index in [-0.39, 0.29) is 39.4 Å². The molecule has 8 nitrogen and oxygen atoms in total. The highest BCUT2D eigenvalue weighted by molar-refractivity contribution is 7.89. The Morgan fingerprint density at radius 1 is 1.17 bits per heavy atom. The third-order valence-corrected chi connectivity index (χ3v) is 6.94. The predicted octanol–water partition coefficient (Wildman–Crippen LogP) is 1.49. The number of benzene rings is 1. The van der Waals surface area contributed by atoms with Gasteiger partial charge in [0.05, 0.1) is 15.5 Å². The summed E-state index contributed by atoms with van der Waals surface area (Å²) in [4.78, 5) is 28.7. The van der Waals surface area contributed by atoms with Gasteiger partial charge in [-0.05, 0) is 44.9 Å². The second kappa shape index (κ2) is 8.99. The summed E-state index contributed by atoms with van der Waals surface area (Å²) in [5.41, 5.74) is 0.136. The van der Waals surface area contributed by atoms with E-state index in [4.69, 9.17) is 16.3 Å². The summed E-state index contributed by atoms with van der Waals surface area (Å²) >= 11 is 6.19. The van der Waals surface area contributed by atoms with Crippen LogP contribution in [0.3, 0.4) is 0 Å². The maximum Gasteiger partial charge on any atom is 0.255 e. The van der Waals surface area contributed by atoms with Crippen molar-refractivity contribution >= 4 is 33.4 Å². The summed E-state index contributed by atoms with van der Waals surface area (Å²) in [6.07, 6.45) is 1.25. The Hall–Kier alpha value is -1.68. The largest absolute Gasteiger partial charge is 0.368 e. The van der Waals surface area contributed by atoms with Gasteiger partial charge in [-0.1, -0.05) is 11.6 Å². The topological polar surface area (TPSA) is 96.0 Å².